The summed E-state index contributed by atoms with van der Waals surface area (Å²) in [4.78, 5) is 4.36. The van der Waals surface area contributed by atoms with Crippen molar-refractivity contribution in [2.45, 2.75) is 13.0 Å². The first-order valence-corrected chi connectivity index (χ1v) is 6.51. The summed E-state index contributed by atoms with van der Waals surface area (Å²) < 4.78 is 5.32. The van der Waals surface area contributed by atoms with E-state index in [2.05, 4.69) is 17.2 Å². The lowest BCUT2D eigenvalue weighted by Gasteiger charge is -2.14. The van der Waals surface area contributed by atoms with E-state index in [0.29, 0.717) is 0 Å². The van der Waals surface area contributed by atoms with Gasteiger partial charge in [0.25, 0.3) is 0 Å². The summed E-state index contributed by atoms with van der Waals surface area (Å²) in [5, 5.41) is 3.91. The second-order valence-corrected chi connectivity index (χ2v) is 4.71. The molecule has 0 saturated heterocycles. The fraction of sp³-hybridized carbons (Fsp3) is 0.267. The van der Waals surface area contributed by atoms with Crippen molar-refractivity contribution in [3.05, 3.63) is 47.1 Å². The standard InChI is InChI=1S/C15H17ClN2O/c1-10(17-2)12-7-6-11(9-13(12)16)15-14(19-3)5-4-8-18-15/h4-10,17H,1-3H3. The summed E-state index contributed by atoms with van der Waals surface area (Å²) in [6.07, 6.45) is 1.75. The number of hydrogen-bond donors (Lipinski definition) is 1. The Kier molecular flexibility index (Phi) is 4.40. The molecule has 1 atom stereocenters. The van der Waals surface area contributed by atoms with Crippen molar-refractivity contribution in [2.24, 2.45) is 0 Å². The second-order valence-electron chi connectivity index (χ2n) is 4.30. The number of halogens is 1. The number of benzene rings is 1. The van der Waals surface area contributed by atoms with Crippen molar-refractivity contribution in [3.63, 3.8) is 0 Å². The molecule has 1 aromatic heterocycles. The third kappa shape index (κ3) is 2.88. The highest BCUT2D eigenvalue weighted by atomic mass is 35.5. The fourth-order valence-electron chi connectivity index (χ4n) is 1.95. The third-order valence-corrected chi connectivity index (χ3v) is 3.49. The Morgan fingerprint density at radius 3 is 2.74 bits per heavy atom. The fourth-order valence-corrected chi connectivity index (χ4v) is 2.30. The molecule has 3 nitrogen and oxygen atoms in total. The number of nitrogens with one attached hydrogen (secondary N) is 1. The number of rotatable bonds is 4. The number of aromatic nitrogens is 1. The summed E-state index contributed by atoms with van der Waals surface area (Å²) >= 11 is 6.34. The number of pyridine rings is 1. The van der Waals surface area contributed by atoms with Gasteiger partial charge >= 0.3 is 0 Å². The van der Waals surface area contributed by atoms with Gasteiger partial charge < -0.3 is 10.1 Å². The Morgan fingerprint density at radius 1 is 1.32 bits per heavy atom. The summed E-state index contributed by atoms with van der Waals surface area (Å²) in [6.45, 7) is 2.07. The normalized spacial score (nSPS) is 12.2. The lowest BCUT2D eigenvalue weighted by atomic mass is 10.0. The van der Waals surface area contributed by atoms with E-state index in [4.69, 9.17) is 16.3 Å². The van der Waals surface area contributed by atoms with Crippen LogP contribution in [0.25, 0.3) is 11.3 Å². The molecule has 0 aliphatic carbocycles. The average Bonchev–Trinajstić information content (AvgIpc) is 2.46. The van der Waals surface area contributed by atoms with Gasteiger partial charge in [-0.05, 0) is 37.7 Å². The monoisotopic (exact) mass is 276 g/mol. The number of hydrogen-bond acceptors (Lipinski definition) is 3. The highest BCUT2D eigenvalue weighted by Crippen LogP contribution is 2.32. The molecule has 1 unspecified atom stereocenters. The van der Waals surface area contributed by atoms with E-state index in [1.165, 1.54) is 0 Å². The Labute approximate surface area is 118 Å². The predicted molar refractivity (Wildman–Crippen MR) is 78.7 cm³/mol. The highest BCUT2D eigenvalue weighted by Gasteiger charge is 2.11. The quantitative estimate of drug-likeness (QED) is 0.925. The number of ether oxygens (including phenoxy) is 1. The molecule has 100 valence electrons. The van der Waals surface area contributed by atoms with E-state index in [1.807, 2.05) is 37.4 Å². The predicted octanol–water partition coefficient (Wildman–Crippen LogP) is 3.69. The van der Waals surface area contributed by atoms with Gasteiger partial charge in [-0.1, -0.05) is 23.7 Å². The molecule has 0 radical (unpaired) electrons. The molecule has 0 aliphatic heterocycles. The van der Waals surface area contributed by atoms with Crippen LogP contribution in [0.5, 0.6) is 5.75 Å². The maximum atomic E-state index is 6.34. The van der Waals surface area contributed by atoms with Crippen LogP contribution in [-0.4, -0.2) is 19.1 Å². The molecule has 1 N–H and O–H groups in total. The van der Waals surface area contributed by atoms with Gasteiger partial charge in [-0.2, -0.15) is 0 Å². The first-order chi connectivity index (χ1) is 9.17. The minimum Gasteiger partial charge on any atom is -0.494 e. The third-order valence-electron chi connectivity index (χ3n) is 3.16. The Morgan fingerprint density at radius 2 is 2.11 bits per heavy atom. The zero-order valence-corrected chi connectivity index (χ0v) is 12.0. The maximum Gasteiger partial charge on any atom is 0.145 e. The Hall–Kier alpha value is -1.58. The van der Waals surface area contributed by atoms with E-state index in [0.717, 1.165) is 27.6 Å². The van der Waals surface area contributed by atoms with Gasteiger partial charge in [0.1, 0.15) is 11.4 Å². The van der Waals surface area contributed by atoms with Gasteiger partial charge in [0.05, 0.1) is 7.11 Å². The van der Waals surface area contributed by atoms with Gasteiger partial charge in [-0.25, -0.2) is 0 Å². The van der Waals surface area contributed by atoms with Crippen LogP contribution in [0.2, 0.25) is 5.02 Å². The van der Waals surface area contributed by atoms with Crippen LogP contribution >= 0.6 is 11.6 Å². The molecule has 2 aromatic rings. The molecule has 19 heavy (non-hydrogen) atoms. The molecule has 1 aromatic carbocycles. The maximum absolute atomic E-state index is 6.34. The minimum atomic E-state index is 0.215. The lowest BCUT2D eigenvalue weighted by Crippen LogP contribution is -2.12. The molecular formula is C15H17ClN2O. The summed E-state index contributed by atoms with van der Waals surface area (Å²) in [7, 11) is 3.55. The largest absolute Gasteiger partial charge is 0.494 e. The SMILES string of the molecule is CNC(C)c1ccc(-c2ncccc2OC)cc1Cl. The van der Waals surface area contributed by atoms with E-state index in [1.54, 1.807) is 13.3 Å². The van der Waals surface area contributed by atoms with Crippen LogP contribution in [-0.2, 0) is 0 Å². The smallest absolute Gasteiger partial charge is 0.145 e. The first kappa shape index (κ1) is 13.8. The molecule has 0 fully saturated rings. The first-order valence-electron chi connectivity index (χ1n) is 6.13. The van der Waals surface area contributed by atoms with E-state index < -0.39 is 0 Å². The van der Waals surface area contributed by atoms with Crippen molar-refractivity contribution in [1.29, 1.82) is 0 Å². The Bertz CT molecular complexity index is 572. The molecule has 0 spiro atoms. The molecular weight excluding hydrogens is 260 g/mol. The van der Waals surface area contributed by atoms with E-state index >= 15 is 0 Å². The van der Waals surface area contributed by atoms with Crippen LogP contribution in [0.15, 0.2) is 36.5 Å². The van der Waals surface area contributed by atoms with Gasteiger partial charge in [-0.3, -0.25) is 4.98 Å². The average molecular weight is 277 g/mol. The van der Waals surface area contributed by atoms with Gasteiger partial charge in [-0.15, -0.1) is 0 Å². The van der Waals surface area contributed by atoms with E-state index in [-0.39, 0.29) is 6.04 Å². The van der Waals surface area contributed by atoms with Crippen LogP contribution < -0.4 is 10.1 Å². The Balaban J connectivity index is 2.44. The van der Waals surface area contributed by atoms with Crippen molar-refractivity contribution < 1.29 is 4.74 Å². The van der Waals surface area contributed by atoms with Crippen LogP contribution in [0.4, 0.5) is 0 Å². The number of nitrogens with zero attached hydrogens (tertiary/aromatic N) is 1. The second kappa shape index (κ2) is 6.04. The molecule has 0 saturated carbocycles. The van der Waals surface area contributed by atoms with Crippen molar-refractivity contribution in [2.75, 3.05) is 14.2 Å². The van der Waals surface area contributed by atoms with Gasteiger partial charge in [0, 0.05) is 22.8 Å². The molecule has 0 bridgehead atoms. The summed E-state index contributed by atoms with van der Waals surface area (Å²) in [5.74, 6) is 0.744. The highest BCUT2D eigenvalue weighted by molar-refractivity contribution is 6.31. The lowest BCUT2D eigenvalue weighted by molar-refractivity contribution is 0.415. The van der Waals surface area contributed by atoms with Crippen molar-refractivity contribution in [1.82, 2.24) is 10.3 Å². The van der Waals surface area contributed by atoms with Crippen LogP contribution in [0.1, 0.15) is 18.5 Å². The van der Waals surface area contributed by atoms with E-state index in [9.17, 15) is 0 Å². The van der Waals surface area contributed by atoms with Crippen molar-refractivity contribution in [3.8, 4) is 17.0 Å². The molecule has 1 heterocycles. The molecule has 2 rings (SSSR count). The molecule has 0 amide bonds. The molecule has 4 heteroatoms. The zero-order valence-electron chi connectivity index (χ0n) is 11.3. The van der Waals surface area contributed by atoms with Crippen molar-refractivity contribution >= 4 is 11.6 Å². The summed E-state index contributed by atoms with van der Waals surface area (Å²) in [6, 6.07) is 9.91. The minimum absolute atomic E-state index is 0.215. The zero-order chi connectivity index (χ0) is 13.8. The number of methoxy groups -OCH3 is 1. The van der Waals surface area contributed by atoms with Crippen LogP contribution in [0.3, 0.4) is 0 Å². The van der Waals surface area contributed by atoms with Crippen LogP contribution in [0, 0.1) is 0 Å². The topological polar surface area (TPSA) is 34.2 Å². The van der Waals surface area contributed by atoms with Gasteiger partial charge in [0.15, 0.2) is 0 Å². The summed E-state index contributed by atoms with van der Waals surface area (Å²) in [5.41, 5.74) is 2.83. The molecule has 0 aliphatic rings. The van der Waals surface area contributed by atoms with Gasteiger partial charge in [0.2, 0.25) is 0 Å².